The number of nitrogens with zero attached hydrogens (tertiary/aromatic N) is 1. The molecule has 1 aromatic rings. The van der Waals surface area contributed by atoms with Gasteiger partial charge >= 0.3 is 0 Å². The Hall–Kier alpha value is -1.01. The van der Waals surface area contributed by atoms with Crippen molar-refractivity contribution in [2.45, 2.75) is 38.4 Å². The quantitative estimate of drug-likeness (QED) is 0.895. The number of amides is 1. The highest BCUT2D eigenvalue weighted by atomic mass is 32.1. The first kappa shape index (κ1) is 13.4. The molecule has 2 heterocycles. The van der Waals surface area contributed by atoms with Crippen LogP contribution in [0.25, 0.3) is 0 Å². The van der Waals surface area contributed by atoms with Crippen LogP contribution in [-0.4, -0.2) is 29.8 Å². The summed E-state index contributed by atoms with van der Waals surface area (Å²) in [5.74, 6) is -0.214. The van der Waals surface area contributed by atoms with Crippen LogP contribution in [0.1, 0.15) is 31.5 Å². The minimum absolute atomic E-state index is 0.214. The molecule has 0 spiro atoms. The van der Waals surface area contributed by atoms with Crippen LogP contribution in [0.15, 0.2) is 16.8 Å². The van der Waals surface area contributed by atoms with Gasteiger partial charge in [0.25, 0.3) is 6.43 Å². The third kappa shape index (κ3) is 2.70. The monoisotopic (exact) mass is 274 g/mol. The zero-order valence-electron chi connectivity index (χ0n) is 10.1. The summed E-state index contributed by atoms with van der Waals surface area (Å²) < 4.78 is 25.1. The summed E-state index contributed by atoms with van der Waals surface area (Å²) in [5, 5.41) is 6.92. The Kier molecular flexibility index (Phi) is 4.29. The Morgan fingerprint density at radius 3 is 2.89 bits per heavy atom. The lowest BCUT2D eigenvalue weighted by Crippen LogP contribution is -2.34. The van der Waals surface area contributed by atoms with E-state index in [1.807, 2.05) is 23.8 Å². The van der Waals surface area contributed by atoms with Crippen LogP contribution >= 0.6 is 11.3 Å². The molecule has 0 aromatic carbocycles. The lowest BCUT2D eigenvalue weighted by atomic mass is 10.2. The van der Waals surface area contributed by atoms with Crippen LogP contribution in [0.2, 0.25) is 0 Å². The predicted octanol–water partition coefficient (Wildman–Crippen LogP) is 2.61. The van der Waals surface area contributed by atoms with Crippen LogP contribution in [0, 0.1) is 0 Å². The van der Waals surface area contributed by atoms with Crippen molar-refractivity contribution in [2.24, 2.45) is 0 Å². The summed E-state index contributed by atoms with van der Waals surface area (Å²) >= 11 is 1.50. The van der Waals surface area contributed by atoms with Crippen LogP contribution in [0.5, 0.6) is 0 Å². The van der Waals surface area contributed by atoms with E-state index >= 15 is 0 Å². The zero-order chi connectivity index (χ0) is 13.1. The normalized spacial score (nSPS) is 24.2. The molecule has 100 valence electrons. The second-order valence-corrected chi connectivity index (χ2v) is 5.13. The summed E-state index contributed by atoms with van der Waals surface area (Å²) in [4.78, 5) is 13.3. The van der Waals surface area contributed by atoms with E-state index in [-0.39, 0.29) is 11.9 Å². The molecule has 6 heteroatoms. The molecule has 1 aromatic heterocycles. The molecule has 1 aliphatic heterocycles. The van der Waals surface area contributed by atoms with Crippen molar-refractivity contribution in [3.63, 3.8) is 0 Å². The van der Waals surface area contributed by atoms with Gasteiger partial charge in [0.05, 0.1) is 12.6 Å². The average molecular weight is 274 g/mol. The van der Waals surface area contributed by atoms with Crippen molar-refractivity contribution >= 4 is 17.2 Å². The number of carbonyl (C=O) groups excluding carboxylic acids is 1. The number of rotatable bonds is 5. The number of alkyl halides is 2. The fourth-order valence-electron chi connectivity index (χ4n) is 2.23. The molecule has 1 amide bonds. The largest absolute Gasteiger partial charge is 0.316 e. The number of hydrogen-bond donors (Lipinski definition) is 1. The highest BCUT2D eigenvalue weighted by molar-refractivity contribution is 7.07. The summed E-state index contributed by atoms with van der Waals surface area (Å²) in [6.07, 6.45) is -1.38. The van der Waals surface area contributed by atoms with Crippen LogP contribution < -0.4 is 5.32 Å². The number of carbonyl (C=O) groups is 1. The van der Waals surface area contributed by atoms with Gasteiger partial charge in [-0.3, -0.25) is 10.1 Å². The molecule has 0 aliphatic carbocycles. The van der Waals surface area contributed by atoms with Gasteiger partial charge in [-0.25, -0.2) is 8.78 Å². The number of thiophene rings is 1. The molecular weight excluding hydrogens is 258 g/mol. The van der Waals surface area contributed by atoms with E-state index in [1.165, 1.54) is 16.2 Å². The van der Waals surface area contributed by atoms with E-state index in [9.17, 15) is 13.6 Å². The van der Waals surface area contributed by atoms with Crippen molar-refractivity contribution in [3.8, 4) is 0 Å². The summed E-state index contributed by atoms with van der Waals surface area (Å²) in [5.41, 5.74) is 0.882. The van der Waals surface area contributed by atoms with Crippen LogP contribution in [0.4, 0.5) is 8.78 Å². The van der Waals surface area contributed by atoms with Gasteiger partial charge in [-0.05, 0) is 28.8 Å². The molecule has 3 nitrogen and oxygen atoms in total. The van der Waals surface area contributed by atoms with Gasteiger partial charge in [-0.15, -0.1) is 0 Å². The number of halogens is 2. The summed E-state index contributed by atoms with van der Waals surface area (Å²) in [7, 11) is 0. The maximum Gasteiger partial charge on any atom is 0.255 e. The minimum Gasteiger partial charge on any atom is -0.316 e. The molecule has 0 bridgehead atoms. The van der Waals surface area contributed by atoms with Gasteiger partial charge in [0.2, 0.25) is 5.91 Å². The standard InChI is InChI=1S/C12H16F2N2OS/c1-2-3-9-12(17)16(6-10(13)14)11(15-9)8-4-5-18-7-8/h4-5,7,9-11,15H,2-3,6H2,1H3. The first-order chi connectivity index (χ1) is 8.63. The topological polar surface area (TPSA) is 32.3 Å². The fourth-order valence-corrected chi connectivity index (χ4v) is 2.90. The molecular formula is C12H16F2N2OS. The van der Waals surface area contributed by atoms with E-state index in [0.717, 1.165) is 12.0 Å². The Morgan fingerprint density at radius 1 is 1.56 bits per heavy atom. The van der Waals surface area contributed by atoms with E-state index in [4.69, 9.17) is 0 Å². The fraction of sp³-hybridized carbons (Fsp3) is 0.583. The number of hydrogen-bond acceptors (Lipinski definition) is 3. The van der Waals surface area contributed by atoms with Crippen molar-refractivity contribution in [3.05, 3.63) is 22.4 Å². The van der Waals surface area contributed by atoms with Gasteiger partial charge in [0.1, 0.15) is 6.17 Å². The average Bonchev–Trinajstić information content (AvgIpc) is 2.92. The lowest BCUT2D eigenvalue weighted by molar-refractivity contribution is -0.132. The molecule has 1 fully saturated rings. The lowest BCUT2D eigenvalue weighted by Gasteiger charge is -2.23. The summed E-state index contributed by atoms with van der Waals surface area (Å²) in [6.45, 7) is 1.47. The maximum absolute atomic E-state index is 12.6. The first-order valence-corrected chi connectivity index (χ1v) is 6.94. The van der Waals surface area contributed by atoms with E-state index in [0.29, 0.717) is 6.42 Å². The van der Waals surface area contributed by atoms with Gasteiger partial charge in [-0.1, -0.05) is 13.3 Å². The van der Waals surface area contributed by atoms with E-state index in [1.54, 1.807) is 0 Å². The van der Waals surface area contributed by atoms with Crippen molar-refractivity contribution in [2.75, 3.05) is 6.54 Å². The summed E-state index contributed by atoms with van der Waals surface area (Å²) in [6, 6.07) is 1.53. The van der Waals surface area contributed by atoms with Gasteiger partial charge in [-0.2, -0.15) is 11.3 Å². The van der Waals surface area contributed by atoms with E-state index < -0.39 is 19.1 Å². The molecule has 0 radical (unpaired) electrons. The third-order valence-corrected chi connectivity index (χ3v) is 3.72. The van der Waals surface area contributed by atoms with Crippen LogP contribution in [0.3, 0.4) is 0 Å². The second kappa shape index (κ2) is 5.75. The maximum atomic E-state index is 12.6. The second-order valence-electron chi connectivity index (χ2n) is 4.35. The molecule has 18 heavy (non-hydrogen) atoms. The molecule has 2 atom stereocenters. The Labute approximate surface area is 109 Å². The molecule has 1 aliphatic rings. The molecule has 0 saturated carbocycles. The van der Waals surface area contributed by atoms with Gasteiger partial charge < -0.3 is 4.90 Å². The van der Waals surface area contributed by atoms with Crippen molar-refractivity contribution < 1.29 is 13.6 Å². The Balaban J connectivity index is 2.18. The number of nitrogens with one attached hydrogen (secondary N) is 1. The molecule has 2 unspecified atom stereocenters. The third-order valence-electron chi connectivity index (χ3n) is 3.02. The highest BCUT2D eigenvalue weighted by Crippen LogP contribution is 2.28. The van der Waals surface area contributed by atoms with E-state index in [2.05, 4.69) is 5.32 Å². The first-order valence-electron chi connectivity index (χ1n) is 6.00. The van der Waals surface area contributed by atoms with Crippen LogP contribution in [-0.2, 0) is 4.79 Å². The van der Waals surface area contributed by atoms with Crippen molar-refractivity contribution in [1.29, 1.82) is 0 Å². The highest BCUT2D eigenvalue weighted by Gasteiger charge is 2.40. The smallest absolute Gasteiger partial charge is 0.255 e. The molecule has 2 rings (SSSR count). The predicted molar refractivity (Wildman–Crippen MR) is 66.6 cm³/mol. The molecule has 1 N–H and O–H groups in total. The Morgan fingerprint density at radius 2 is 2.33 bits per heavy atom. The zero-order valence-corrected chi connectivity index (χ0v) is 10.9. The Bertz CT molecular complexity index is 397. The SMILES string of the molecule is CCCC1NC(c2ccsc2)N(CC(F)F)C1=O. The minimum atomic E-state index is -2.50. The van der Waals surface area contributed by atoms with Crippen molar-refractivity contribution in [1.82, 2.24) is 10.2 Å². The van der Waals surface area contributed by atoms with Gasteiger partial charge in [0, 0.05) is 0 Å². The van der Waals surface area contributed by atoms with Gasteiger partial charge in [0.15, 0.2) is 0 Å². The molecule has 1 saturated heterocycles.